The fourth-order valence-electron chi connectivity index (χ4n) is 6.57. The van der Waals surface area contributed by atoms with Crippen LogP contribution in [0.5, 0.6) is 0 Å². The summed E-state index contributed by atoms with van der Waals surface area (Å²) in [4.78, 5) is 34.6. The third-order valence-corrected chi connectivity index (χ3v) is 9.74. The monoisotopic (exact) mass is 507 g/mol. The maximum absolute atomic E-state index is 13.8. The van der Waals surface area contributed by atoms with Gasteiger partial charge in [-0.1, -0.05) is 49.9 Å². The van der Waals surface area contributed by atoms with Gasteiger partial charge in [-0.05, 0) is 67.2 Å². The maximum Gasteiger partial charge on any atom is 0.239 e. The van der Waals surface area contributed by atoms with Crippen molar-refractivity contribution in [2.45, 2.75) is 77.3 Å². The van der Waals surface area contributed by atoms with E-state index in [0.29, 0.717) is 19.5 Å². The minimum absolute atomic E-state index is 0.112. The van der Waals surface area contributed by atoms with Gasteiger partial charge in [-0.25, -0.2) is 0 Å². The van der Waals surface area contributed by atoms with Crippen molar-refractivity contribution in [1.82, 2.24) is 14.7 Å². The molecule has 0 bridgehead atoms. The van der Waals surface area contributed by atoms with Crippen molar-refractivity contribution in [3.05, 3.63) is 57.3 Å². The predicted octanol–water partition coefficient (Wildman–Crippen LogP) is 5.42. The lowest BCUT2D eigenvalue weighted by Crippen LogP contribution is -2.51. The van der Waals surface area contributed by atoms with Crippen molar-refractivity contribution in [2.75, 3.05) is 32.7 Å². The Morgan fingerprint density at radius 1 is 0.944 bits per heavy atom. The molecule has 0 spiro atoms. The fourth-order valence-corrected chi connectivity index (χ4v) is 7.47. The van der Waals surface area contributed by atoms with Gasteiger partial charge < -0.3 is 9.80 Å². The van der Waals surface area contributed by atoms with Gasteiger partial charge in [-0.2, -0.15) is 0 Å². The molecule has 0 unspecified atom stereocenters. The zero-order valence-electron chi connectivity index (χ0n) is 22.0. The van der Waals surface area contributed by atoms with E-state index in [0.717, 1.165) is 44.8 Å². The standard InChI is InChI=1S/C30H41N3O2S/c1-22-8-3-6-11-25(22)29-26-15-21-36-27(26)14-18-33(29)23(2)30(35)32-17-7-16-31(19-20-32)28(34)13-12-24-9-4-5-10-24/h3,6,8,11,15,21,23-24,29H,4-5,7,9-10,12-14,16-20H2,1-2H3/t23-,29+/m1/s1. The summed E-state index contributed by atoms with van der Waals surface area (Å²) in [5.74, 6) is 1.23. The van der Waals surface area contributed by atoms with Crippen LogP contribution in [0.3, 0.4) is 0 Å². The van der Waals surface area contributed by atoms with Gasteiger partial charge in [0.15, 0.2) is 0 Å². The van der Waals surface area contributed by atoms with E-state index >= 15 is 0 Å². The molecule has 3 heterocycles. The highest BCUT2D eigenvalue weighted by atomic mass is 32.1. The summed E-state index contributed by atoms with van der Waals surface area (Å²) in [6.07, 6.45) is 8.81. The molecule has 2 atom stereocenters. The molecule has 6 heteroatoms. The summed E-state index contributed by atoms with van der Waals surface area (Å²) in [5.41, 5.74) is 3.93. The van der Waals surface area contributed by atoms with Crippen molar-refractivity contribution in [3.63, 3.8) is 0 Å². The van der Waals surface area contributed by atoms with E-state index in [-0.39, 0.29) is 23.9 Å². The van der Waals surface area contributed by atoms with Crippen LogP contribution in [0.4, 0.5) is 0 Å². The van der Waals surface area contributed by atoms with Crippen LogP contribution >= 0.6 is 11.3 Å². The van der Waals surface area contributed by atoms with E-state index in [1.165, 1.54) is 47.3 Å². The first-order valence-electron chi connectivity index (χ1n) is 14.0. The van der Waals surface area contributed by atoms with E-state index in [4.69, 9.17) is 0 Å². The topological polar surface area (TPSA) is 43.9 Å². The molecule has 2 aromatic rings. The van der Waals surface area contributed by atoms with Gasteiger partial charge in [0.05, 0.1) is 12.1 Å². The molecule has 3 aliphatic rings. The number of benzene rings is 1. The van der Waals surface area contributed by atoms with Crippen molar-refractivity contribution in [2.24, 2.45) is 5.92 Å². The smallest absolute Gasteiger partial charge is 0.239 e. The van der Waals surface area contributed by atoms with Crippen LogP contribution in [-0.4, -0.2) is 65.3 Å². The second-order valence-electron chi connectivity index (χ2n) is 11.0. The molecule has 5 rings (SSSR count). The van der Waals surface area contributed by atoms with Gasteiger partial charge in [0, 0.05) is 44.0 Å². The lowest BCUT2D eigenvalue weighted by Gasteiger charge is -2.41. The van der Waals surface area contributed by atoms with Gasteiger partial charge in [0.2, 0.25) is 11.8 Å². The average Bonchev–Trinajstić information content (AvgIpc) is 3.53. The summed E-state index contributed by atoms with van der Waals surface area (Å²) in [5, 5.41) is 2.19. The van der Waals surface area contributed by atoms with Crippen LogP contribution in [0, 0.1) is 12.8 Å². The van der Waals surface area contributed by atoms with E-state index in [1.54, 1.807) is 0 Å². The highest BCUT2D eigenvalue weighted by Gasteiger charge is 2.37. The third-order valence-electron chi connectivity index (χ3n) is 8.74. The number of fused-ring (bicyclic) bond motifs is 1. The van der Waals surface area contributed by atoms with Crippen LogP contribution < -0.4 is 0 Å². The minimum atomic E-state index is -0.202. The van der Waals surface area contributed by atoms with E-state index in [2.05, 4.69) is 54.5 Å². The Kier molecular flexibility index (Phi) is 8.12. The predicted molar refractivity (Wildman–Crippen MR) is 146 cm³/mol. The molecule has 0 N–H and O–H groups in total. The molecule has 0 radical (unpaired) electrons. The summed E-state index contributed by atoms with van der Waals surface area (Å²) < 4.78 is 0. The van der Waals surface area contributed by atoms with Crippen molar-refractivity contribution in [3.8, 4) is 0 Å². The Morgan fingerprint density at radius 3 is 2.50 bits per heavy atom. The Hall–Kier alpha value is -2.18. The molecule has 2 fully saturated rings. The molecule has 1 aromatic heterocycles. The van der Waals surface area contributed by atoms with Crippen LogP contribution in [0.25, 0.3) is 0 Å². The van der Waals surface area contributed by atoms with Crippen molar-refractivity contribution >= 4 is 23.2 Å². The van der Waals surface area contributed by atoms with Crippen LogP contribution in [0.2, 0.25) is 0 Å². The molecule has 1 aliphatic carbocycles. The molecule has 1 saturated carbocycles. The van der Waals surface area contributed by atoms with Crippen LogP contribution in [0.1, 0.15) is 79.5 Å². The molecular formula is C30H41N3O2S. The number of aryl methyl sites for hydroxylation is 1. The lowest BCUT2D eigenvalue weighted by atomic mass is 9.89. The Bertz CT molecular complexity index is 1060. The summed E-state index contributed by atoms with van der Waals surface area (Å²) in [6, 6.07) is 10.8. The Labute approximate surface area is 220 Å². The van der Waals surface area contributed by atoms with E-state index < -0.39 is 0 Å². The molecule has 2 amide bonds. The van der Waals surface area contributed by atoms with Gasteiger partial charge in [-0.15, -0.1) is 11.3 Å². The summed E-state index contributed by atoms with van der Waals surface area (Å²) in [7, 11) is 0. The lowest BCUT2D eigenvalue weighted by molar-refractivity contribution is -0.138. The number of amides is 2. The largest absolute Gasteiger partial charge is 0.341 e. The SMILES string of the molecule is Cc1ccccc1[C@H]1c2ccsc2CCN1[C@H](C)C(=O)N1CCCN(C(=O)CCC2CCCC2)CC1. The highest BCUT2D eigenvalue weighted by Crippen LogP contribution is 2.40. The maximum atomic E-state index is 13.8. The molecule has 1 saturated heterocycles. The number of hydrogen-bond donors (Lipinski definition) is 0. The number of rotatable bonds is 6. The average molecular weight is 508 g/mol. The number of nitrogens with zero attached hydrogens (tertiary/aromatic N) is 3. The second-order valence-corrected chi connectivity index (χ2v) is 12.0. The number of thiophene rings is 1. The van der Waals surface area contributed by atoms with Crippen LogP contribution in [-0.2, 0) is 16.0 Å². The minimum Gasteiger partial charge on any atom is -0.341 e. The van der Waals surface area contributed by atoms with E-state index in [1.807, 2.05) is 21.1 Å². The van der Waals surface area contributed by atoms with Gasteiger partial charge in [0.1, 0.15) is 0 Å². The van der Waals surface area contributed by atoms with Crippen molar-refractivity contribution in [1.29, 1.82) is 0 Å². The molecule has 5 nitrogen and oxygen atoms in total. The molecule has 2 aliphatic heterocycles. The fraction of sp³-hybridized carbons (Fsp3) is 0.600. The molecule has 36 heavy (non-hydrogen) atoms. The highest BCUT2D eigenvalue weighted by molar-refractivity contribution is 7.10. The summed E-state index contributed by atoms with van der Waals surface area (Å²) in [6.45, 7) is 7.97. The molecule has 194 valence electrons. The normalized spacial score (nSPS) is 22.3. The van der Waals surface area contributed by atoms with Gasteiger partial charge >= 0.3 is 0 Å². The Morgan fingerprint density at radius 2 is 1.69 bits per heavy atom. The number of carbonyl (C=O) groups is 2. The number of carbonyl (C=O) groups excluding carboxylic acids is 2. The Balaban J connectivity index is 1.25. The second kappa shape index (κ2) is 11.5. The van der Waals surface area contributed by atoms with Crippen molar-refractivity contribution < 1.29 is 9.59 Å². The zero-order valence-corrected chi connectivity index (χ0v) is 22.8. The van der Waals surface area contributed by atoms with Gasteiger partial charge in [-0.3, -0.25) is 14.5 Å². The van der Waals surface area contributed by atoms with Gasteiger partial charge in [0.25, 0.3) is 0 Å². The zero-order chi connectivity index (χ0) is 25.1. The third kappa shape index (κ3) is 5.40. The quantitative estimate of drug-likeness (QED) is 0.524. The first-order valence-corrected chi connectivity index (χ1v) is 14.8. The number of hydrogen-bond acceptors (Lipinski definition) is 4. The van der Waals surface area contributed by atoms with Crippen LogP contribution in [0.15, 0.2) is 35.7 Å². The van der Waals surface area contributed by atoms with E-state index in [9.17, 15) is 9.59 Å². The molecule has 1 aromatic carbocycles. The first-order chi connectivity index (χ1) is 17.5. The molecular weight excluding hydrogens is 466 g/mol. The summed E-state index contributed by atoms with van der Waals surface area (Å²) >= 11 is 1.84. The first kappa shape index (κ1) is 25.5.